The number of hydrogen-bond donors (Lipinski definition) is 3. The first kappa shape index (κ1) is 27.1. The van der Waals surface area contributed by atoms with Crippen LogP contribution in [-0.2, 0) is 20.9 Å². The maximum Gasteiger partial charge on any atom is 0.257 e. The lowest BCUT2D eigenvalue weighted by atomic mass is 10.0. The van der Waals surface area contributed by atoms with Crippen molar-refractivity contribution in [2.45, 2.75) is 22.3 Å². The molecule has 3 aromatic rings. The number of rotatable bonds is 10. The van der Waals surface area contributed by atoms with Crippen molar-refractivity contribution in [2.24, 2.45) is 5.73 Å². The minimum absolute atomic E-state index is 0.0846. The van der Waals surface area contributed by atoms with Gasteiger partial charge in [0, 0.05) is 30.5 Å². The van der Waals surface area contributed by atoms with Crippen LogP contribution in [0, 0.1) is 0 Å². The summed E-state index contributed by atoms with van der Waals surface area (Å²) in [5, 5.41) is 17.0. The molecule has 2 aromatic heterocycles. The zero-order valence-electron chi connectivity index (χ0n) is 20.5. The van der Waals surface area contributed by atoms with E-state index in [4.69, 9.17) is 5.73 Å². The molecule has 2 atom stereocenters. The predicted molar refractivity (Wildman–Crippen MR) is 145 cm³/mol. The second kappa shape index (κ2) is 11.7. The Bertz CT molecular complexity index is 1460. The minimum atomic E-state index is -1.46. The standard InChI is InChI=1S/C25H24N6O5S3/c26-7-8-27-21(33)14-4-3-9-30(10-14)11-15-12-37-23-19(22(34)31(23)20(15)24(35)36)29-18(32)13-38-25-28-16-5-1-2-6-17(16)39-25/h1-6,9-10,19,23H,7-8,11-13,26H2,(H2-,27,29,32,33,35,36)/t19-,23-/m1/s1. The maximum atomic E-state index is 13.0. The van der Waals surface area contributed by atoms with E-state index in [1.165, 1.54) is 39.8 Å². The van der Waals surface area contributed by atoms with Crippen molar-refractivity contribution in [3.05, 3.63) is 65.6 Å². The molecular formula is C25H24N6O5S3. The molecule has 0 aliphatic carbocycles. The Morgan fingerprint density at radius 1 is 1.23 bits per heavy atom. The lowest BCUT2D eigenvalue weighted by molar-refractivity contribution is -0.689. The number of thioether (sulfide) groups is 2. The van der Waals surface area contributed by atoms with Crippen LogP contribution < -0.4 is 26.0 Å². The molecular weight excluding hydrogens is 561 g/mol. The summed E-state index contributed by atoms with van der Waals surface area (Å²) >= 11 is 4.15. The summed E-state index contributed by atoms with van der Waals surface area (Å²) < 4.78 is 3.46. The number of nitrogens with two attached hydrogens (primary N) is 1. The second-order valence-electron chi connectivity index (χ2n) is 8.74. The van der Waals surface area contributed by atoms with Gasteiger partial charge in [0.2, 0.25) is 5.91 Å². The van der Waals surface area contributed by atoms with Gasteiger partial charge in [-0.15, -0.1) is 23.1 Å². The molecule has 1 aromatic carbocycles. The second-order valence-corrected chi connectivity index (χ2v) is 12.1. The van der Waals surface area contributed by atoms with Gasteiger partial charge in [-0.25, -0.2) is 9.55 Å². The van der Waals surface area contributed by atoms with Crippen LogP contribution in [0.4, 0.5) is 0 Å². The smallest absolute Gasteiger partial charge is 0.257 e. The van der Waals surface area contributed by atoms with Crippen molar-refractivity contribution in [2.75, 3.05) is 24.6 Å². The summed E-state index contributed by atoms with van der Waals surface area (Å²) in [7, 11) is 0. The fraction of sp³-hybridized carbons (Fsp3) is 0.280. The number of aliphatic carboxylic acids is 1. The van der Waals surface area contributed by atoms with Crippen LogP contribution in [0.2, 0.25) is 0 Å². The van der Waals surface area contributed by atoms with Crippen molar-refractivity contribution in [1.29, 1.82) is 0 Å². The van der Waals surface area contributed by atoms with Gasteiger partial charge in [-0.1, -0.05) is 23.9 Å². The molecule has 4 N–H and O–H groups in total. The van der Waals surface area contributed by atoms with Gasteiger partial charge in [0.05, 0.1) is 27.6 Å². The van der Waals surface area contributed by atoms with Gasteiger partial charge in [0.25, 0.3) is 11.8 Å². The summed E-state index contributed by atoms with van der Waals surface area (Å²) in [4.78, 5) is 55.6. The molecule has 202 valence electrons. The van der Waals surface area contributed by atoms with E-state index in [9.17, 15) is 24.3 Å². The molecule has 39 heavy (non-hydrogen) atoms. The van der Waals surface area contributed by atoms with Gasteiger partial charge >= 0.3 is 0 Å². The Kier molecular flexibility index (Phi) is 8.16. The molecule has 0 bridgehead atoms. The molecule has 2 aliphatic heterocycles. The van der Waals surface area contributed by atoms with E-state index in [0.717, 1.165) is 14.6 Å². The quantitative estimate of drug-likeness (QED) is 0.162. The predicted octanol–water partition coefficient (Wildman–Crippen LogP) is -0.531. The molecule has 1 saturated heterocycles. The molecule has 11 nitrogen and oxygen atoms in total. The number of nitrogens with one attached hydrogen (secondary N) is 2. The number of carboxylic acid groups (broad SMARTS) is 1. The lowest BCUT2D eigenvalue weighted by Crippen LogP contribution is -2.71. The first-order chi connectivity index (χ1) is 18.9. The Hall–Kier alpha value is -3.46. The van der Waals surface area contributed by atoms with Crippen molar-refractivity contribution in [3.63, 3.8) is 0 Å². The highest BCUT2D eigenvalue weighted by atomic mass is 32.2. The van der Waals surface area contributed by atoms with Crippen molar-refractivity contribution >= 4 is 68.8 Å². The summed E-state index contributed by atoms with van der Waals surface area (Å²) in [6.07, 6.45) is 3.31. The van der Waals surface area contributed by atoms with Crippen LogP contribution in [0.25, 0.3) is 10.2 Å². The van der Waals surface area contributed by atoms with Gasteiger partial charge in [0.15, 0.2) is 23.3 Å². The number of amides is 3. The Labute approximate surface area is 235 Å². The number of hydrogen-bond acceptors (Lipinski definition) is 10. The first-order valence-corrected chi connectivity index (χ1v) is 14.8. The van der Waals surface area contributed by atoms with E-state index in [1.807, 2.05) is 24.3 Å². The summed E-state index contributed by atoms with van der Waals surface area (Å²) in [6, 6.07) is 10.2. The third-order valence-electron chi connectivity index (χ3n) is 6.08. The number of fused-ring (bicyclic) bond motifs is 2. The topological polar surface area (TPSA) is 161 Å². The molecule has 5 rings (SSSR count). The molecule has 0 unspecified atom stereocenters. The molecule has 4 heterocycles. The third kappa shape index (κ3) is 5.78. The zero-order chi connectivity index (χ0) is 27.5. The van der Waals surface area contributed by atoms with Crippen LogP contribution in [0.3, 0.4) is 0 Å². The third-order valence-corrected chi connectivity index (χ3v) is 9.60. The molecule has 14 heteroatoms. The van der Waals surface area contributed by atoms with Crippen LogP contribution in [-0.4, -0.2) is 69.6 Å². The highest BCUT2D eigenvalue weighted by molar-refractivity contribution is 8.01. The number of carboxylic acids is 1. The van der Waals surface area contributed by atoms with Gasteiger partial charge in [0.1, 0.15) is 17.0 Å². The molecule has 2 aliphatic rings. The van der Waals surface area contributed by atoms with Crippen molar-refractivity contribution < 1.29 is 28.9 Å². The normalized spacial score (nSPS) is 18.5. The average molecular weight is 585 g/mol. The van der Waals surface area contributed by atoms with E-state index < -0.39 is 23.3 Å². The number of carbonyl (C=O) groups is 4. The number of nitrogens with zero attached hydrogens (tertiary/aromatic N) is 3. The Balaban J connectivity index is 1.23. The molecule has 1 fully saturated rings. The maximum absolute atomic E-state index is 13.0. The minimum Gasteiger partial charge on any atom is -0.543 e. The first-order valence-electron chi connectivity index (χ1n) is 12.0. The lowest BCUT2D eigenvalue weighted by Gasteiger charge is -2.50. The summed E-state index contributed by atoms with van der Waals surface area (Å²) in [5.41, 5.74) is 6.98. The van der Waals surface area contributed by atoms with E-state index in [1.54, 1.807) is 29.1 Å². The fourth-order valence-electron chi connectivity index (χ4n) is 4.31. The van der Waals surface area contributed by atoms with E-state index >= 15 is 0 Å². The Morgan fingerprint density at radius 2 is 2.05 bits per heavy atom. The zero-order valence-corrected chi connectivity index (χ0v) is 22.9. The molecule has 0 saturated carbocycles. The number of pyridine rings is 1. The summed E-state index contributed by atoms with van der Waals surface area (Å²) in [6.45, 7) is 0.800. The number of carbonyl (C=O) groups excluding carboxylic acids is 4. The monoisotopic (exact) mass is 584 g/mol. The molecule has 0 radical (unpaired) electrons. The van der Waals surface area contributed by atoms with Crippen LogP contribution in [0.5, 0.6) is 0 Å². The van der Waals surface area contributed by atoms with Crippen LogP contribution >= 0.6 is 34.9 Å². The summed E-state index contributed by atoms with van der Waals surface area (Å²) in [5.74, 6) is -2.18. The number of aromatic nitrogens is 2. The van der Waals surface area contributed by atoms with E-state index in [2.05, 4.69) is 15.6 Å². The van der Waals surface area contributed by atoms with Gasteiger partial charge in [-0.3, -0.25) is 19.3 Å². The number of para-hydroxylation sites is 1. The van der Waals surface area contributed by atoms with Crippen molar-refractivity contribution in [1.82, 2.24) is 20.5 Å². The van der Waals surface area contributed by atoms with Gasteiger partial charge in [-0.2, -0.15) is 0 Å². The number of β-lactam (4-membered cyclic amide) rings is 1. The SMILES string of the molecule is NCCNC(=O)c1ccc[n+](CC2=C(C(=O)[O-])N3C(=O)[C@@H](NC(=O)CSc4nc5ccccc5s4)[C@H]3SC2)c1. The van der Waals surface area contributed by atoms with E-state index in [0.29, 0.717) is 30.0 Å². The van der Waals surface area contributed by atoms with Crippen molar-refractivity contribution in [3.8, 4) is 0 Å². The van der Waals surface area contributed by atoms with Gasteiger partial charge < -0.3 is 26.3 Å². The fourth-order valence-corrected chi connectivity index (χ4v) is 7.53. The average Bonchev–Trinajstić information content (AvgIpc) is 3.36. The van der Waals surface area contributed by atoms with Crippen LogP contribution in [0.1, 0.15) is 10.4 Å². The Morgan fingerprint density at radius 3 is 2.82 bits per heavy atom. The van der Waals surface area contributed by atoms with E-state index in [-0.39, 0.29) is 29.8 Å². The van der Waals surface area contributed by atoms with Gasteiger partial charge in [-0.05, 0) is 18.2 Å². The number of benzene rings is 1. The molecule has 0 spiro atoms. The largest absolute Gasteiger partial charge is 0.543 e. The highest BCUT2D eigenvalue weighted by Crippen LogP contribution is 2.40. The number of thiazole rings is 1. The highest BCUT2D eigenvalue weighted by Gasteiger charge is 2.53. The molecule has 3 amide bonds. The van der Waals surface area contributed by atoms with Crippen LogP contribution in [0.15, 0.2) is 64.4 Å².